The first-order valence-electron chi connectivity index (χ1n) is 7.93. The minimum absolute atomic E-state index is 0.209. The van der Waals surface area contributed by atoms with Crippen LogP contribution >= 0.6 is 0 Å². The minimum Gasteiger partial charge on any atom is -0.324 e. The maximum absolute atomic E-state index is 12.8. The predicted molar refractivity (Wildman–Crippen MR) is 89.3 cm³/mol. The fraction of sp³-hybridized carbons (Fsp3) is 0.278. The molecule has 2 aromatic carbocycles. The van der Waals surface area contributed by atoms with Crippen LogP contribution in [0.3, 0.4) is 0 Å². The van der Waals surface area contributed by atoms with E-state index in [2.05, 4.69) is 10.6 Å². The number of nitro groups is 1. The lowest BCUT2D eigenvalue weighted by Crippen LogP contribution is -2.54. The van der Waals surface area contributed by atoms with Gasteiger partial charge >= 0.3 is 0 Å². The molecule has 0 saturated carbocycles. The molecule has 0 unspecified atom stereocenters. The zero-order valence-corrected chi connectivity index (χ0v) is 13.1. The summed E-state index contributed by atoms with van der Waals surface area (Å²) in [7, 11) is 0. The minimum atomic E-state index is -1.33. The predicted octanol–water partition coefficient (Wildman–Crippen LogP) is 2.25. The quantitative estimate of drug-likeness (QED) is 0.656. The van der Waals surface area contributed by atoms with Crippen molar-refractivity contribution in [3.63, 3.8) is 0 Å². The maximum atomic E-state index is 12.8. The van der Waals surface area contributed by atoms with Crippen LogP contribution in [0.25, 0.3) is 0 Å². The largest absolute Gasteiger partial charge is 0.324 e. The van der Waals surface area contributed by atoms with E-state index in [1.54, 1.807) is 18.2 Å². The summed E-state index contributed by atoms with van der Waals surface area (Å²) in [5, 5.41) is 18.1. The Labute approximate surface area is 139 Å². The number of para-hydroxylation sites is 1. The van der Waals surface area contributed by atoms with E-state index in [1.165, 1.54) is 0 Å². The van der Waals surface area contributed by atoms with E-state index in [1.807, 2.05) is 43.3 Å². The van der Waals surface area contributed by atoms with Crippen molar-refractivity contribution in [1.29, 1.82) is 0 Å². The molecule has 24 heavy (non-hydrogen) atoms. The van der Waals surface area contributed by atoms with E-state index in [4.69, 9.17) is 0 Å². The number of hydrogen-bond acceptors (Lipinski definition) is 4. The first-order valence-corrected chi connectivity index (χ1v) is 7.93. The van der Waals surface area contributed by atoms with Gasteiger partial charge in [-0.1, -0.05) is 48.5 Å². The van der Waals surface area contributed by atoms with Gasteiger partial charge in [-0.25, -0.2) is 0 Å². The van der Waals surface area contributed by atoms with Gasteiger partial charge in [0, 0.05) is 22.2 Å². The molecule has 0 aromatic heterocycles. The van der Waals surface area contributed by atoms with Gasteiger partial charge in [-0.15, -0.1) is 0 Å². The summed E-state index contributed by atoms with van der Waals surface area (Å²) in [5.74, 6) is -0.742. The lowest BCUT2D eigenvalue weighted by atomic mass is 9.78. The van der Waals surface area contributed by atoms with Crippen LogP contribution in [-0.4, -0.2) is 22.9 Å². The fourth-order valence-electron chi connectivity index (χ4n) is 4.23. The standard InChI is InChI=1S/C18H17N3O3/c1-11-15(12-7-3-2-4-8-12)16(21(23)24)18(20-11)13-9-5-6-10-14(13)19-17(18)22/h2-11,15-16,20H,1H3,(H,19,22)/t11-,15+,16+,18-/m0/s1. The number of rotatable bonds is 2. The number of anilines is 1. The molecule has 0 aliphatic carbocycles. The lowest BCUT2D eigenvalue weighted by molar-refractivity contribution is -0.532. The van der Waals surface area contributed by atoms with Crippen molar-refractivity contribution in [2.75, 3.05) is 5.32 Å². The van der Waals surface area contributed by atoms with E-state index in [-0.39, 0.29) is 16.9 Å². The third kappa shape index (κ3) is 1.83. The lowest BCUT2D eigenvalue weighted by Gasteiger charge is -2.25. The Bertz CT molecular complexity index is 823. The van der Waals surface area contributed by atoms with Gasteiger partial charge in [0.05, 0.1) is 5.92 Å². The molecule has 0 radical (unpaired) electrons. The molecule has 2 N–H and O–H groups in total. The van der Waals surface area contributed by atoms with Crippen LogP contribution in [-0.2, 0) is 10.3 Å². The van der Waals surface area contributed by atoms with Gasteiger partial charge in [-0.05, 0) is 18.6 Å². The van der Waals surface area contributed by atoms with Crippen LogP contribution in [0, 0.1) is 10.1 Å². The number of carbonyl (C=O) groups is 1. The van der Waals surface area contributed by atoms with Crippen LogP contribution in [0.5, 0.6) is 0 Å². The van der Waals surface area contributed by atoms with Crippen LogP contribution in [0.4, 0.5) is 5.69 Å². The molecule has 4 atom stereocenters. The Balaban J connectivity index is 1.91. The molecule has 1 amide bonds. The fourth-order valence-corrected chi connectivity index (χ4v) is 4.23. The highest BCUT2D eigenvalue weighted by Gasteiger charge is 2.67. The summed E-state index contributed by atoms with van der Waals surface area (Å²) in [5.41, 5.74) is 0.831. The van der Waals surface area contributed by atoms with Crippen molar-refractivity contribution in [2.24, 2.45) is 0 Å². The molecule has 6 heteroatoms. The third-order valence-electron chi connectivity index (χ3n) is 5.15. The molecule has 1 spiro atoms. The number of carbonyl (C=O) groups excluding carboxylic acids is 1. The Hall–Kier alpha value is -2.73. The second-order valence-electron chi connectivity index (χ2n) is 6.41. The summed E-state index contributed by atoms with van der Waals surface area (Å²) < 4.78 is 0. The molecular weight excluding hydrogens is 306 g/mol. The highest BCUT2D eigenvalue weighted by atomic mass is 16.6. The van der Waals surface area contributed by atoms with Gasteiger partial charge in [0.25, 0.3) is 11.9 Å². The average Bonchev–Trinajstić information content (AvgIpc) is 3.04. The third-order valence-corrected chi connectivity index (χ3v) is 5.15. The van der Waals surface area contributed by atoms with Crippen LogP contribution in [0.1, 0.15) is 24.0 Å². The highest BCUT2D eigenvalue weighted by Crippen LogP contribution is 2.49. The number of hydrogen-bond donors (Lipinski definition) is 2. The Morgan fingerprint density at radius 2 is 1.75 bits per heavy atom. The molecule has 122 valence electrons. The van der Waals surface area contributed by atoms with Gasteiger partial charge in [0.15, 0.2) is 5.54 Å². The number of amides is 1. The molecule has 2 aliphatic heterocycles. The SMILES string of the molecule is C[C@@H]1N[C@]2(C(=O)Nc3ccccc32)[C@H]([N+](=O)[O-])[C@H]1c1ccccc1. The molecule has 6 nitrogen and oxygen atoms in total. The second-order valence-corrected chi connectivity index (χ2v) is 6.41. The van der Waals surface area contributed by atoms with Crippen molar-refractivity contribution in [2.45, 2.75) is 30.5 Å². The van der Waals surface area contributed by atoms with Crippen molar-refractivity contribution in [1.82, 2.24) is 5.32 Å². The van der Waals surface area contributed by atoms with Gasteiger partial charge < -0.3 is 5.32 Å². The van der Waals surface area contributed by atoms with Crippen molar-refractivity contribution < 1.29 is 9.72 Å². The second kappa shape index (κ2) is 5.14. The first-order chi connectivity index (χ1) is 11.6. The van der Waals surface area contributed by atoms with Crippen LogP contribution in [0.15, 0.2) is 54.6 Å². The maximum Gasteiger partial charge on any atom is 0.256 e. The molecule has 4 rings (SSSR count). The van der Waals surface area contributed by atoms with E-state index in [0.717, 1.165) is 5.56 Å². The van der Waals surface area contributed by atoms with Crippen molar-refractivity contribution in [3.05, 3.63) is 75.8 Å². The summed E-state index contributed by atoms with van der Waals surface area (Å²) in [6, 6.07) is 15.3. The zero-order chi connectivity index (χ0) is 16.9. The van der Waals surface area contributed by atoms with Crippen LogP contribution in [0.2, 0.25) is 0 Å². The average molecular weight is 323 g/mol. The number of benzene rings is 2. The van der Waals surface area contributed by atoms with Gasteiger partial charge in [-0.3, -0.25) is 20.2 Å². The van der Waals surface area contributed by atoms with E-state index >= 15 is 0 Å². The number of fused-ring (bicyclic) bond motifs is 2. The normalized spacial score (nSPS) is 31.0. The summed E-state index contributed by atoms with van der Waals surface area (Å²) in [4.78, 5) is 24.5. The number of nitrogens with one attached hydrogen (secondary N) is 2. The van der Waals surface area contributed by atoms with Gasteiger partial charge in [0.1, 0.15) is 0 Å². The monoisotopic (exact) mass is 323 g/mol. The molecule has 1 saturated heterocycles. The summed E-state index contributed by atoms with van der Waals surface area (Å²) >= 11 is 0. The Kier molecular flexibility index (Phi) is 3.18. The van der Waals surface area contributed by atoms with Crippen LogP contribution < -0.4 is 10.6 Å². The topological polar surface area (TPSA) is 84.3 Å². The molecule has 2 aromatic rings. The molecule has 2 aliphatic rings. The summed E-state index contributed by atoms with van der Waals surface area (Å²) in [6.07, 6.45) is 0. The van der Waals surface area contributed by atoms with Crippen molar-refractivity contribution in [3.8, 4) is 0 Å². The molecule has 2 heterocycles. The Morgan fingerprint density at radius 3 is 2.46 bits per heavy atom. The smallest absolute Gasteiger partial charge is 0.256 e. The van der Waals surface area contributed by atoms with Gasteiger partial charge in [-0.2, -0.15) is 0 Å². The molecule has 1 fully saturated rings. The molecular formula is C18H17N3O3. The van der Waals surface area contributed by atoms with E-state index < -0.39 is 17.5 Å². The Morgan fingerprint density at radius 1 is 1.08 bits per heavy atom. The highest BCUT2D eigenvalue weighted by molar-refractivity contribution is 6.07. The summed E-state index contributed by atoms with van der Waals surface area (Å²) in [6.45, 7) is 1.90. The van der Waals surface area contributed by atoms with Gasteiger partial charge in [0.2, 0.25) is 0 Å². The van der Waals surface area contributed by atoms with E-state index in [9.17, 15) is 14.9 Å². The first kappa shape index (κ1) is 14.8. The van der Waals surface area contributed by atoms with E-state index in [0.29, 0.717) is 11.3 Å². The number of nitrogens with zero attached hydrogens (tertiary/aromatic N) is 1. The zero-order valence-electron chi connectivity index (χ0n) is 13.1. The van der Waals surface area contributed by atoms with Crippen molar-refractivity contribution >= 4 is 11.6 Å². The molecule has 0 bridgehead atoms.